The van der Waals surface area contributed by atoms with E-state index >= 15 is 0 Å². The van der Waals surface area contributed by atoms with Crippen LogP contribution in [0.25, 0.3) is 0 Å². The molecular weight excluding hydrogens is 158 g/mol. The van der Waals surface area contributed by atoms with Crippen molar-refractivity contribution >= 4 is 0 Å². The van der Waals surface area contributed by atoms with Crippen LogP contribution in [0.2, 0.25) is 0 Å². The maximum Gasteiger partial charge on any atom is -0.00217 e. The maximum absolute atomic E-state index is 2.48. The summed E-state index contributed by atoms with van der Waals surface area (Å²) in [5, 5.41) is 0. The highest BCUT2D eigenvalue weighted by Crippen LogP contribution is 2.26. The first kappa shape index (κ1) is 10.8. The van der Waals surface area contributed by atoms with Crippen LogP contribution in [0.4, 0.5) is 0 Å². The Bertz CT molecular complexity index is 172. The average Bonchev–Trinajstić information content (AvgIpc) is 2.51. The molecule has 0 radical (unpaired) electrons. The average molecular weight is 181 g/mol. The Balaban J connectivity index is 2.06. The van der Waals surface area contributed by atoms with Crippen molar-refractivity contribution in [1.82, 2.24) is 4.90 Å². The van der Waals surface area contributed by atoms with Crippen molar-refractivity contribution in [3.05, 3.63) is 11.6 Å². The number of hydrogen-bond acceptors (Lipinski definition) is 1. The lowest BCUT2D eigenvalue weighted by molar-refractivity contribution is 0.334. The van der Waals surface area contributed by atoms with Gasteiger partial charge in [-0.2, -0.15) is 0 Å². The van der Waals surface area contributed by atoms with Crippen LogP contribution in [0.5, 0.6) is 0 Å². The van der Waals surface area contributed by atoms with E-state index in [2.05, 4.69) is 31.9 Å². The standard InChI is InChI=1S/C12H23N/c1-4-13(3)9-5-6-12-8-7-11(2)10-12/h10,12H,4-9H2,1-3H3. The highest BCUT2D eigenvalue weighted by Gasteiger charge is 2.12. The van der Waals surface area contributed by atoms with Crippen LogP contribution in [-0.4, -0.2) is 25.0 Å². The molecule has 0 spiro atoms. The number of hydrogen-bond donors (Lipinski definition) is 0. The third-order valence-electron chi connectivity index (χ3n) is 3.08. The van der Waals surface area contributed by atoms with Gasteiger partial charge in [0.1, 0.15) is 0 Å². The topological polar surface area (TPSA) is 3.24 Å². The summed E-state index contributed by atoms with van der Waals surface area (Å²) in [6, 6.07) is 0. The lowest BCUT2D eigenvalue weighted by atomic mass is 10.0. The Morgan fingerprint density at radius 1 is 1.54 bits per heavy atom. The third kappa shape index (κ3) is 3.95. The first-order chi connectivity index (χ1) is 6.22. The Morgan fingerprint density at radius 2 is 2.31 bits per heavy atom. The largest absolute Gasteiger partial charge is 0.307 e. The van der Waals surface area contributed by atoms with Gasteiger partial charge >= 0.3 is 0 Å². The third-order valence-corrected chi connectivity index (χ3v) is 3.08. The first-order valence-corrected chi connectivity index (χ1v) is 5.58. The van der Waals surface area contributed by atoms with E-state index in [1.54, 1.807) is 5.57 Å². The SMILES string of the molecule is CCN(C)CCCC1C=C(C)CC1. The summed E-state index contributed by atoms with van der Waals surface area (Å²) in [6.45, 7) is 6.93. The second-order valence-electron chi connectivity index (χ2n) is 4.35. The van der Waals surface area contributed by atoms with Gasteiger partial charge in [0, 0.05) is 0 Å². The van der Waals surface area contributed by atoms with Gasteiger partial charge in [-0.25, -0.2) is 0 Å². The van der Waals surface area contributed by atoms with Crippen LogP contribution in [0.1, 0.15) is 39.5 Å². The summed E-state index contributed by atoms with van der Waals surface area (Å²) >= 11 is 0. The second-order valence-corrected chi connectivity index (χ2v) is 4.35. The van der Waals surface area contributed by atoms with E-state index in [4.69, 9.17) is 0 Å². The Hall–Kier alpha value is -0.300. The van der Waals surface area contributed by atoms with Crippen molar-refractivity contribution < 1.29 is 0 Å². The molecule has 0 aromatic rings. The van der Waals surface area contributed by atoms with Gasteiger partial charge in [-0.1, -0.05) is 18.6 Å². The van der Waals surface area contributed by atoms with Crippen LogP contribution < -0.4 is 0 Å². The quantitative estimate of drug-likeness (QED) is 0.589. The van der Waals surface area contributed by atoms with Crippen molar-refractivity contribution in [3.63, 3.8) is 0 Å². The summed E-state index contributed by atoms with van der Waals surface area (Å²) in [5.74, 6) is 0.894. The van der Waals surface area contributed by atoms with Crippen LogP contribution in [0.3, 0.4) is 0 Å². The molecule has 1 nitrogen and oxygen atoms in total. The van der Waals surface area contributed by atoms with E-state index in [9.17, 15) is 0 Å². The van der Waals surface area contributed by atoms with Crippen molar-refractivity contribution in [2.45, 2.75) is 39.5 Å². The van der Waals surface area contributed by atoms with Gasteiger partial charge in [0.25, 0.3) is 0 Å². The molecule has 0 amide bonds. The van der Waals surface area contributed by atoms with Crippen molar-refractivity contribution in [3.8, 4) is 0 Å². The molecule has 0 saturated heterocycles. The van der Waals surface area contributed by atoms with Crippen LogP contribution >= 0.6 is 0 Å². The van der Waals surface area contributed by atoms with Gasteiger partial charge in [-0.3, -0.25) is 0 Å². The number of nitrogens with zero attached hydrogens (tertiary/aromatic N) is 1. The molecule has 1 atom stereocenters. The van der Waals surface area contributed by atoms with Gasteiger partial charge < -0.3 is 4.90 Å². The first-order valence-electron chi connectivity index (χ1n) is 5.58. The van der Waals surface area contributed by atoms with E-state index in [1.807, 2.05) is 0 Å². The number of rotatable bonds is 5. The number of allylic oxidation sites excluding steroid dienone is 2. The summed E-state index contributed by atoms with van der Waals surface area (Å²) in [7, 11) is 2.20. The zero-order chi connectivity index (χ0) is 9.68. The fourth-order valence-corrected chi connectivity index (χ4v) is 1.99. The molecule has 1 heteroatoms. The normalized spacial score (nSPS) is 22.5. The Labute approximate surface area is 82.8 Å². The smallest absolute Gasteiger partial charge is 0.00217 e. The fraction of sp³-hybridized carbons (Fsp3) is 0.833. The van der Waals surface area contributed by atoms with Crippen LogP contribution in [-0.2, 0) is 0 Å². The molecule has 1 rings (SSSR count). The minimum atomic E-state index is 0.894. The molecule has 0 aromatic heterocycles. The lowest BCUT2D eigenvalue weighted by Gasteiger charge is -2.14. The van der Waals surface area contributed by atoms with Crippen molar-refractivity contribution in [2.24, 2.45) is 5.92 Å². The molecule has 0 bridgehead atoms. The van der Waals surface area contributed by atoms with Gasteiger partial charge in [-0.05, 0) is 58.7 Å². The predicted octanol–water partition coefficient (Wildman–Crippen LogP) is 3.07. The van der Waals surface area contributed by atoms with E-state index in [1.165, 1.54) is 38.8 Å². The summed E-state index contributed by atoms with van der Waals surface area (Å²) < 4.78 is 0. The molecular formula is C12H23N. The maximum atomic E-state index is 2.48. The Morgan fingerprint density at radius 3 is 2.85 bits per heavy atom. The molecule has 0 N–H and O–H groups in total. The zero-order valence-corrected chi connectivity index (χ0v) is 9.34. The lowest BCUT2D eigenvalue weighted by Crippen LogP contribution is -2.19. The molecule has 13 heavy (non-hydrogen) atoms. The highest BCUT2D eigenvalue weighted by atomic mass is 15.1. The van der Waals surface area contributed by atoms with Crippen molar-refractivity contribution in [2.75, 3.05) is 20.1 Å². The van der Waals surface area contributed by atoms with E-state index in [-0.39, 0.29) is 0 Å². The van der Waals surface area contributed by atoms with E-state index in [0.717, 1.165) is 5.92 Å². The molecule has 0 aromatic carbocycles. The minimum absolute atomic E-state index is 0.894. The molecule has 76 valence electrons. The molecule has 0 aliphatic heterocycles. The second kappa shape index (κ2) is 5.43. The molecule has 1 unspecified atom stereocenters. The summed E-state index contributed by atoms with van der Waals surface area (Å²) in [6.07, 6.45) is 7.97. The Kier molecular flexibility index (Phi) is 4.51. The van der Waals surface area contributed by atoms with Crippen molar-refractivity contribution in [1.29, 1.82) is 0 Å². The predicted molar refractivity (Wildman–Crippen MR) is 58.9 cm³/mol. The summed E-state index contributed by atoms with van der Waals surface area (Å²) in [4.78, 5) is 2.39. The van der Waals surface area contributed by atoms with E-state index < -0.39 is 0 Å². The van der Waals surface area contributed by atoms with Gasteiger partial charge in [0.2, 0.25) is 0 Å². The fourth-order valence-electron chi connectivity index (χ4n) is 1.99. The van der Waals surface area contributed by atoms with Gasteiger partial charge in [0.15, 0.2) is 0 Å². The van der Waals surface area contributed by atoms with Crippen LogP contribution in [0, 0.1) is 5.92 Å². The van der Waals surface area contributed by atoms with Gasteiger partial charge in [0.05, 0.1) is 0 Å². The minimum Gasteiger partial charge on any atom is -0.307 e. The highest BCUT2D eigenvalue weighted by molar-refractivity contribution is 5.07. The van der Waals surface area contributed by atoms with Gasteiger partial charge in [-0.15, -0.1) is 0 Å². The molecule has 0 saturated carbocycles. The molecule has 1 aliphatic carbocycles. The van der Waals surface area contributed by atoms with Crippen LogP contribution in [0.15, 0.2) is 11.6 Å². The monoisotopic (exact) mass is 181 g/mol. The molecule has 1 aliphatic rings. The zero-order valence-electron chi connectivity index (χ0n) is 9.34. The summed E-state index contributed by atoms with van der Waals surface area (Å²) in [5.41, 5.74) is 1.61. The molecule has 0 heterocycles. The molecule has 0 fully saturated rings. The van der Waals surface area contributed by atoms with E-state index in [0.29, 0.717) is 0 Å².